The number of hydrogen-bond acceptors (Lipinski definition) is 3. The number of nitrogens with zero attached hydrogens (tertiary/aromatic N) is 2. The number of benzene rings is 1. The number of carbonyl (C=O) groups excluding carboxylic acids is 1. The monoisotopic (exact) mass is 311 g/mol. The molecule has 2 N–H and O–H groups in total. The maximum Gasteiger partial charge on any atom is 0.236 e. The average molecular weight is 312 g/mol. The van der Waals surface area contributed by atoms with Gasteiger partial charge in [-0.15, -0.1) is 0 Å². The minimum atomic E-state index is 0.179. The van der Waals surface area contributed by atoms with Gasteiger partial charge in [0.15, 0.2) is 0 Å². The fraction of sp³-hybridized carbons (Fsp3) is 0.462. The van der Waals surface area contributed by atoms with Crippen molar-refractivity contribution in [2.45, 2.75) is 13.0 Å². The van der Waals surface area contributed by atoms with Crippen molar-refractivity contribution < 1.29 is 4.79 Å². The molecule has 1 heterocycles. The van der Waals surface area contributed by atoms with Gasteiger partial charge in [0.2, 0.25) is 5.91 Å². The number of amides is 1. The van der Waals surface area contributed by atoms with Gasteiger partial charge in [-0.05, 0) is 18.6 Å². The minimum Gasteiger partial charge on any atom is -0.398 e. The molecule has 1 aromatic rings. The van der Waals surface area contributed by atoms with E-state index in [0.717, 1.165) is 35.2 Å². The zero-order valence-corrected chi connectivity index (χ0v) is 12.1. The van der Waals surface area contributed by atoms with E-state index in [1.165, 1.54) is 0 Å². The smallest absolute Gasteiger partial charge is 0.236 e. The van der Waals surface area contributed by atoms with Gasteiger partial charge in [0.05, 0.1) is 6.54 Å². The van der Waals surface area contributed by atoms with Gasteiger partial charge in [0.25, 0.3) is 0 Å². The van der Waals surface area contributed by atoms with Gasteiger partial charge in [-0.3, -0.25) is 9.69 Å². The Labute approximate surface area is 116 Å². The van der Waals surface area contributed by atoms with Crippen LogP contribution in [0.2, 0.25) is 0 Å². The van der Waals surface area contributed by atoms with Crippen LogP contribution in [0.15, 0.2) is 22.7 Å². The summed E-state index contributed by atoms with van der Waals surface area (Å²) in [6, 6.07) is 5.80. The Morgan fingerprint density at radius 2 is 2.17 bits per heavy atom. The van der Waals surface area contributed by atoms with Crippen molar-refractivity contribution in [1.29, 1.82) is 0 Å². The molecule has 1 fully saturated rings. The zero-order chi connectivity index (χ0) is 13.1. The summed E-state index contributed by atoms with van der Waals surface area (Å²) in [5.74, 6) is 0.179. The fourth-order valence-corrected chi connectivity index (χ4v) is 2.65. The van der Waals surface area contributed by atoms with Crippen molar-refractivity contribution in [2.24, 2.45) is 0 Å². The van der Waals surface area contributed by atoms with E-state index in [0.29, 0.717) is 13.1 Å². The Bertz CT molecular complexity index is 430. The maximum atomic E-state index is 11.8. The summed E-state index contributed by atoms with van der Waals surface area (Å²) in [5, 5.41) is 0. The van der Waals surface area contributed by atoms with Gasteiger partial charge in [-0.2, -0.15) is 0 Å². The van der Waals surface area contributed by atoms with E-state index in [-0.39, 0.29) is 5.91 Å². The summed E-state index contributed by atoms with van der Waals surface area (Å²) in [6.45, 7) is 2.95. The lowest BCUT2D eigenvalue weighted by Crippen LogP contribution is -2.34. The van der Waals surface area contributed by atoms with Crippen molar-refractivity contribution in [3.05, 3.63) is 28.2 Å². The number of nitrogens with two attached hydrogens (primary N) is 1. The first-order chi connectivity index (χ1) is 8.58. The van der Waals surface area contributed by atoms with Crippen molar-refractivity contribution in [1.82, 2.24) is 9.80 Å². The molecule has 2 rings (SSSR count). The normalized spacial score (nSPS) is 17.9. The van der Waals surface area contributed by atoms with E-state index in [1.54, 1.807) is 4.90 Å². The molecule has 0 unspecified atom stereocenters. The van der Waals surface area contributed by atoms with Gasteiger partial charge in [-0.25, -0.2) is 0 Å². The third kappa shape index (κ3) is 3.03. The summed E-state index contributed by atoms with van der Waals surface area (Å²) in [7, 11) is 1.86. The lowest BCUT2D eigenvalue weighted by molar-refractivity contribution is -0.129. The van der Waals surface area contributed by atoms with Crippen LogP contribution in [0.25, 0.3) is 0 Å². The van der Waals surface area contributed by atoms with Crippen molar-refractivity contribution in [2.75, 3.05) is 32.4 Å². The Balaban J connectivity index is 2.11. The van der Waals surface area contributed by atoms with Crippen LogP contribution in [0.3, 0.4) is 0 Å². The highest BCUT2D eigenvalue weighted by Gasteiger charge is 2.20. The second-order valence-electron chi connectivity index (χ2n) is 4.69. The first-order valence-electron chi connectivity index (χ1n) is 6.07. The summed E-state index contributed by atoms with van der Waals surface area (Å²) in [4.78, 5) is 15.8. The van der Waals surface area contributed by atoms with Crippen molar-refractivity contribution in [3.8, 4) is 0 Å². The SMILES string of the molecule is CN1CCCN(Cc2c(N)cccc2Br)CC1=O. The first kappa shape index (κ1) is 13.4. The van der Waals surface area contributed by atoms with E-state index in [9.17, 15) is 4.79 Å². The highest BCUT2D eigenvalue weighted by Crippen LogP contribution is 2.24. The molecule has 1 aliphatic heterocycles. The van der Waals surface area contributed by atoms with E-state index in [2.05, 4.69) is 20.8 Å². The Morgan fingerprint density at radius 3 is 2.89 bits per heavy atom. The predicted molar refractivity (Wildman–Crippen MR) is 76.1 cm³/mol. The van der Waals surface area contributed by atoms with Crippen LogP contribution in [-0.4, -0.2) is 42.4 Å². The molecule has 1 aliphatic rings. The Hall–Kier alpha value is -1.07. The molecule has 1 aromatic carbocycles. The topological polar surface area (TPSA) is 49.6 Å². The van der Waals surface area contributed by atoms with E-state index in [1.807, 2.05) is 25.2 Å². The number of nitrogen functional groups attached to an aromatic ring is 1. The Morgan fingerprint density at radius 1 is 1.39 bits per heavy atom. The summed E-state index contributed by atoms with van der Waals surface area (Å²) in [5.41, 5.74) is 7.82. The lowest BCUT2D eigenvalue weighted by atomic mass is 10.1. The first-order valence-corrected chi connectivity index (χ1v) is 6.86. The third-order valence-electron chi connectivity index (χ3n) is 3.29. The lowest BCUT2D eigenvalue weighted by Gasteiger charge is -2.21. The standard InChI is InChI=1S/C13H18BrN3O/c1-16-6-3-7-17(9-13(16)18)8-10-11(14)4-2-5-12(10)15/h2,4-5H,3,6-9,15H2,1H3. The van der Waals surface area contributed by atoms with Crippen LogP contribution in [0.4, 0.5) is 5.69 Å². The number of anilines is 1. The van der Waals surface area contributed by atoms with Crippen LogP contribution >= 0.6 is 15.9 Å². The average Bonchev–Trinajstić information content (AvgIpc) is 2.47. The molecule has 5 heteroatoms. The molecule has 0 aliphatic carbocycles. The molecular formula is C13H18BrN3O. The van der Waals surface area contributed by atoms with Crippen molar-refractivity contribution in [3.63, 3.8) is 0 Å². The second-order valence-corrected chi connectivity index (χ2v) is 5.54. The van der Waals surface area contributed by atoms with Crippen LogP contribution < -0.4 is 5.73 Å². The summed E-state index contributed by atoms with van der Waals surface area (Å²) < 4.78 is 1.01. The highest BCUT2D eigenvalue weighted by atomic mass is 79.9. The van der Waals surface area contributed by atoms with Gasteiger partial charge < -0.3 is 10.6 Å². The van der Waals surface area contributed by atoms with Gasteiger partial charge >= 0.3 is 0 Å². The predicted octanol–water partition coefficient (Wildman–Crippen LogP) is 1.70. The van der Waals surface area contributed by atoms with E-state index in [4.69, 9.17) is 5.73 Å². The van der Waals surface area contributed by atoms with Gasteiger partial charge in [0.1, 0.15) is 0 Å². The minimum absolute atomic E-state index is 0.179. The molecule has 98 valence electrons. The molecule has 1 saturated heterocycles. The molecule has 18 heavy (non-hydrogen) atoms. The number of halogens is 1. The summed E-state index contributed by atoms with van der Waals surface area (Å²) in [6.07, 6.45) is 1.01. The molecule has 1 amide bonds. The van der Waals surface area contributed by atoms with Crippen LogP contribution in [0.5, 0.6) is 0 Å². The number of likely N-dealkylation sites (N-methyl/N-ethyl adjacent to an activating group) is 1. The molecule has 0 spiro atoms. The molecule has 0 radical (unpaired) electrons. The zero-order valence-electron chi connectivity index (χ0n) is 10.5. The second kappa shape index (κ2) is 5.71. The number of hydrogen-bond donors (Lipinski definition) is 1. The van der Waals surface area contributed by atoms with E-state index < -0.39 is 0 Å². The van der Waals surface area contributed by atoms with Crippen LogP contribution in [0, 0.1) is 0 Å². The van der Waals surface area contributed by atoms with Crippen LogP contribution in [0.1, 0.15) is 12.0 Å². The largest absolute Gasteiger partial charge is 0.398 e. The molecule has 4 nitrogen and oxygen atoms in total. The number of carbonyl (C=O) groups is 1. The quantitative estimate of drug-likeness (QED) is 0.846. The van der Waals surface area contributed by atoms with E-state index >= 15 is 0 Å². The highest BCUT2D eigenvalue weighted by molar-refractivity contribution is 9.10. The number of rotatable bonds is 2. The molecule has 0 bridgehead atoms. The van der Waals surface area contributed by atoms with Gasteiger partial charge in [0, 0.05) is 42.4 Å². The molecular weight excluding hydrogens is 294 g/mol. The molecule has 0 atom stereocenters. The van der Waals surface area contributed by atoms with Gasteiger partial charge in [-0.1, -0.05) is 22.0 Å². The molecule has 0 saturated carbocycles. The fourth-order valence-electron chi connectivity index (χ4n) is 2.15. The Kier molecular flexibility index (Phi) is 4.24. The third-order valence-corrected chi connectivity index (χ3v) is 4.03. The summed E-state index contributed by atoms with van der Waals surface area (Å²) >= 11 is 3.52. The maximum absolute atomic E-state index is 11.8. The van der Waals surface area contributed by atoms with Crippen molar-refractivity contribution >= 4 is 27.5 Å². The van der Waals surface area contributed by atoms with Crippen LogP contribution in [-0.2, 0) is 11.3 Å². The molecule has 0 aromatic heterocycles.